The first kappa shape index (κ1) is 19.7. The molecule has 0 radical (unpaired) electrons. The van der Waals surface area contributed by atoms with Crippen LogP contribution in [0.3, 0.4) is 0 Å². The Balaban J connectivity index is 1.50. The van der Waals surface area contributed by atoms with Gasteiger partial charge in [-0.05, 0) is 24.6 Å². The van der Waals surface area contributed by atoms with E-state index >= 15 is 0 Å². The number of fused-ring (bicyclic) bond motifs is 2. The van der Waals surface area contributed by atoms with E-state index in [1.807, 2.05) is 9.62 Å². The summed E-state index contributed by atoms with van der Waals surface area (Å²) in [4.78, 5) is 14.4. The summed E-state index contributed by atoms with van der Waals surface area (Å²) < 4.78 is 61.1. The number of hydrogen-bond acceptors (Lipinski definition) is 9. The molecule has 160 valence electrons. The highest BCUT2D eigenvalue weighted by Gasteiger charge is 2.29. The van der Waals surface area contributed by atoms with Gasteiger partial charge in [0, 0.05) is 30.9 Å². The number of hydrogen-bond donors (Lipinski definition) is 1. The first-order valence-electron chi connectivity index (χ1n) is 9.22. The van der Waals surface area contributed by atoms with Crippen molar-refractivity contribution in [2.75, 3.05) is 25.1 Å². The first-order valence-corrected chi connectivity index (χ1v) is 11.4. The molecule has 9 nitrogen and oxygen atoms in total. The summed E-state index contributed by atoms with van der Waals surface area (Å²) >= 11 is 0.835. The van der Waals surface area contributed by atoms with Gasteiger partial charge in [0.25, 0.3) is 10.0 Å². The molecule has 1 fully saturated rings. The summed E-state index contributed by atoms with van der Waals surface area (Å²) in [5.74, 6) is -1.91. The number of furan rings is 1. The highest BCUT2D eigenvalue weighted by Crippen LogP contribution is 2.32. The highest BCUT2D eigenvalue weighted by atomic mass is 32.2. The van der Waals surface area contributed by atoms with Crippen LogP contribution in [0.25, 0.3) is 22.0 Å². The number of halogens is 1. The van der Waals surface area contributed by atoms with E-state index in [4.69, 9.17) is 9.15 Å². The quantitative estimate of drug-likeness (QED) is 0.482. The Hall–Kier alpha value is -3.25. The Kier molecular flexibility index (Phi) is 4.55. The zero-order chi connectivity index (χ0) is 21.8. The van der Waals surface area contributed by atoms with Crippen LogP contribution in [0.2, 0.25) is 0 Å². The summed E-state index contributed by atoms with van der Waals surface area (Å²) in [5.41, 5.74) is 1.24. The molecular formula is C19H15FN4O5S2. The zero-order valence-electron chi connectivity index (χ0n) is 16.1. The number of nitrogens with zero attached hydrogens (tertiary/aromatic N) is 3. The lowest BCUT2D eigenvalue weighted by atomic mass is 10.1. The fourth-order valence-corrected chi connectivity index (χ4v) is 5.27. The smallest absolute Gasteiger partial charge is 0.300 e. The van der Waals surface area contributed by atoms with Gasteiger partial charge in [-0.3, -0.25) is 4.79 Å². The predicted octanol–water partition coefficient (Wildman–Crippen LogP) is 2.91. The molecule has 3 heterocycles. The van der Waals surface area contributed by atoms with E-state index in [0.29, 0.717) is 11.2 Å². The minimum atomic E-state index is -4.39. The average Bonchev–Trinajstić information content (AvgIpc) is 3.32. The predicted molar refractivity (Wildman–Crippen MR) is 112 cm³/mol. The largest absolute Gasteiger partial charge is 0.495 e. The van der Waals surface area contributed by atoms with Gasteiger partial charge in [-0.2, -0.15) is 8.75 Å². The second kappa shape index (κ2) is 7.17. The Morgan fingerprint density at radius 3 is 2.77 bits per heavy atom. The molecule has 2 aromatic heterocycles. The summed E-state index contributed by atoms with van der Waals surface area (Å²) in [6, 6.07) is 7.17. The summed E-state index contributed by atoms with van der Waals surface area (Å²) in [6.45, 7) is 1.63. The van der Waals surface area contributed by atoms with Gasteiger partial charge in [0.2, 0.25) is 0 Å². The fraction of sp³-hybridized carbons (Fsp3) is 0.211. The van der Waals surface area contributed by atoms with Gasteiger partial charge in [0.1, 0.15) is 28.2 Å². The monoisotopic (exact) mass is 462 g/mol. The van der Waals surface area contributed by atoms with Crippen molar-refractivity contribution in [1.82, 2.24) is 13.5 Å². The topological polar surface area (TPSA) is 115 Å². The van der Waals surface area contributed by atoms with E-state index in [-0.39, 0.29) is 32.9 Å². The van der Waals surface area contributed by atoms with E-state index in [9.17, 15) is 17.6 Å². The Labute approximate surface area is 179 Å². The number of ether oxygens (including phenoxy) is 1. The van der Waals surface area contributed by atoms with E-state index in [1.165, 1.54) is 25.3 Å². The molecule has 1 amide bonds. The van der Waals surface area contributed by atoms with Gasteiger partial charge >= 0.3 is 5.91 Å². The number of aromatic nitrogens is 2. The molecule has 2 aromatic carbocycles. The number of carbonyl (C=O) groups excluding carboxylic acids is 1. The molecule has 0 unspecified atom stereocenters. The Morgan fingerprint density at radius 1 is 1.26 bits per heavy atom. The molecule has 0 atom stereocenters. The van der Waals surface area contributed by atoms with Crippen LogP contribution < -0.4 is 14.4 Å². The molecule has 4 aromatic rings. The molecule has 1 N–H and O–H groups in total. The third kappa shape index (κ3) is 3.27. The van der Waals surface area contributed by atoms with Gasteiger partial charge in [-0.25, -0.2) is 17.5 Å². The van der Waals surface area contributed by atoms with Crippen LogP contribution in [0, 0.1) is 5.82 Å². The van der Waals surface area contributed by atoms with Crippen molar-refractivity contribution in [3.63, 3.8) is 0 Å². The molecule has 1 saturated heterocycles. The van der Waals surface area contributed by atoms with Crippen molar-refractivity contribution in [3.8, 4) is 5.75 Å². The van der Waals surface area contributed by atoms with Crippen LogP contribution in [0.15, 0.2) is 39.6 Å². The van der Waals surface area contributed by atoms with Crippen LogP contribution in [-0.4, -0.2) is 43.3 Å². The summed E-state index contributed by atoms with van der Waals surface area (Å²) in [7, 11) is -3.09. The number of amides is 1. The van der Waals surface area contributed by atoms with Crippen molar-refractivity contribution in [2.45, 2.75) is 11.3 Å². The molecule has 0 spiro atoms. The van der Waals surface area contributed by atoms with E-state index in [1.54, 1.807) is 12.1 Å². The summed E-state index contributed by atoms with van der Waals surface area (Å²) in [5, 5.41) is 0.0928. The van der Waals surface area contributed by atoms with Crippen LogP contribution in [0.1, 0.15) is 17.0 Å². The zero-order valence-corrected chi connectivity index (χ0v) is 17.7. The average molecular weight is 462 g/mol. The second-order valence-corrected chi connectivity index (χ2v) is 9.10. The van der Waals surface area contributed by atoms with Crippen molar-refractivity contribution >= 4 is 55.3 Å². The second-order valence-electron chi connectivity index (χ2n) is 6.95. The third-order valence-corrected chi connectivity index (χ3v) is 7.01. The van der Waals surface area contributed by atoms with E-state index < -0.39 is 21.7 Å². The number of nitrogens with one attached hydrogen (secondary N) is 1. The maximum Gasteiger partial charge on any atom is 0.300 e. The number of rotatable bonds is 5. The molecule has 31 heavy (non-hydrogen) atoms. The minimum Gasteiger partial charge on any atom is -0.495 e. The number of methoxy groups -OCH3 is 1. The minimum absolute atomic E-state index is 0.00957. The van der Waals surface area contributed by atoms with Gasteiger partial charge in [-0.15, -0.1) is 0 Å². The first-order chi connectivity index (χ1) is 14.9. The maximum atomic E-state index is 14.5. The Morgan fingerprint density at radius 2 is 2.06 bits per heavy atom. The molecule has 0 saturated carbocycles. The molecule has 0 bridgehead atoms. The Bertz CT molecular complexity index is 1440. The molecule has 1 aliphatic rings. The fourth-order valence-electron chi connectivity index (χ4n) is 3.40. The standard InChI is InChI=1S/C19H15FN4O5S2/c1-28-14-4-3-13-17(22-30-21-13)18(14)31(26,27)23-19(25)16-9-11-12(20)7-10(8-15(11)29-16)24-5-2-6-24/h3-4,7-9H,2,5-6H2,1H3,(H,23,25). The van der Waals surface area contributed by atoms with Gasteiger partial charge in [0.05, 0.1) is 24.2 Å². The van der Waals surface area contributed by atoms with Crippen LogP contribution in [0.4, 0.5) is 10.1 Å². The number of carbonyl (C=O) groups is 1. The lowest BCUT2D eigenvalue weighted by molar-refractivity contribution is 0.0956. The lowest BCUT2D eigenvalue weighted by Gasteiger charge is -2.33. The van der Waals surface area contributed by atoms with E-state index in [0.717, 1.165) is 31.2 Å². The van der Waals surface area contributed by atoms with Crippen molar-refractivity contribution < 1.29 is 26.8 Å². The van der Waals surface area contributed by atoms with Crippen molar-refractivity contribution in [3.05, 3.63) is 41.9 Å². The molecule has 1 aliphatic heterocycles. The van der Waals surface area contributed by atoms with Gasteiger partial charge < -0.3 is 14.1 Å². The van der Waals surface area contributed by atoms with Crippen molar-refractivity contribution in [1.29, 1.82) is 0 Å². The maximum absolute atomic E-state index is 14.5. The molecular weight excluding hydrogens is 447 g/mol. The van der Waals surface area contributed by atoms with Gasteiger partial charge in [0.15, 0.2) is 10.7 Å². The summed E-state index contributed by atoms with van der Waals surface area (Å²) in [6.07, 6.45) is 1.02. The highest BCUT2D eigenvalue weighted by molar-refractivity contribution is 7.90. The normalized spacial score (nSPS) is 14.1. The third-order valence-electron chi connectivity index (χ3n) is 5.08. The van der Waals surface area contributed by atoms with Crippen molar-refractivity contribution in [2.24, 2.45) is 0 Å². The van der Waals surface area contributed by atoms with Gasteiger partial charge in [-0.1, -0.05) is 0 Å². The number of benzene rings is 2. The SMILES string of the molecule is COc1ccc2nsnc2c1S(=O)(=O)NC(=O)c1cc2c(F)cc(N3CCC3)cc2o1. The number of sulfonamides is 1. The van der Waals surface area contributed by atoms with Crippen LogP contribution in [-0.2, 0) is 10.0 Å². The molecule has 0 aliphatic carbocycles. The van der Waals surface area contributed by atoms with Crippen LogP contribution in [0.5, 0.6) is 5.75 Å². The molecule has 5 rings (SSSR count). The molecule has 12 heteroatoms. The lowest BCUT2D eigenvalue weighted by Crippen LogP contribution is -2.36. The number of anilines is 1. The van der Waals surface area contributed by atoms with E-state index in [2.05, 4.69) is 8.75 Å². The van der Waals surface area contributed by atoms with Crippen LogP contribution >= 0.6 is 11.7 Å².